The van der Waals surface area contributed by atoms with Crippen LogP contribution in [0, 0.1) is 17.8 Å². The third kappa shape index (κ3) is 4.05. The van der Waals surface area contributed by atoms with Crippen molar-refractivity contribution in [1.29, 1.82) is 0 Å². The number of hydrogen-bond donors (Lipinski definition) is 1. The second kappa shape index (κ2) is 7.04. The van der Waals surface area contributed by atoms with E-state index in [4.69, 9.17) is 0 Å². The molecule has 1 rings (SSSR count). The van der Waals surface area contributed by atoms with E-state index in [2.05, 4.69) is 41.8 Å². The van der Waals surface area contributed by atoms with Gasteiger partial charge in [0.2, 0.25) is 0 Å². The van der Waals surface area contributed by atoms with Crippen LogP contribution < -0.4 is 5.32 Å². The van der Waals surface area contributed by atoms with Crippen LogP contribution in [-0.2, 0) is 0 Å². The SMILES string of the molecule is CC1CCCCCC(CNCI)[C@@H]1C. The second-order valence-electron chi connectivity index (χ2n) is 4.82. The first-order valence-corrected chi connectivity index (χ1v) is 7.55. The molecule has 0 spiro atoms. The maximum atomic E-state index is 3.50. The minimum Gasteiger partial charge on any atom is -0.308 e. The van der Waals surface area contributed by atoms with Crippen molar-refractivity contribution in [3.05, 3.63) is 0 Å². The standard InChI is InChI=1S/C12H24IN/c1-10-6-4-3-5-7-12(11(10)2)8-14-9-13/h10-12,14H,3-9H2,1-2H3/t10?,11-,12?/m1/s1. The molecule has 1 nitrogen and oxygen atoms in total. The molecule has 2 heteroatoms. The quantitative estimate of drug-likeness (QED) is 0.475. The van der Waals surface area contributed by atoms with Crippen molar-refractivity contribution in [3.8, 4) is 0 Å². The van der Waals surface area contributed by atoms with E-state index in [9.17, 15) is 0 Å². The van der Waals surface area contributed by atoms with Crippen molar-refractivity contribution in [2.75, 3.05) is 11.1 Å². The summed E-state index contributed by atoms with van der Waals surface area (Å²) in [7, 11) is 0. The van der Waals surface area contributed by atoms with Crippen molar-refractivity contribution in [2.24, 2.45) is 17.8 Å². The fourth-order valence-corrected chi connectivity index (χ4v) is 2.88. The first-order valence-electron chi connectivity index (χ1n) is 6.02. The molecule has 0 aromatic carbocycles. The van der Waals surface area contributed by atoms with Crippen LogP contribution in [0.2, 0.25) is 0 Å². The van der Waals surface area contributed by atoms with E-state index in [1.165, 1.54) is 38.6 Å². The zero-order valence-corrected chi connectivity index (χ0v) is 11.7. The molecule has 0 aromatic rings. The molecule has 3 atom stereocenters. The zero-order chi connectivity index (χ0) is 10.4. The number of rotatable bonds is 3. The summed E-state index contributed by atoms with van der Waals surface area (Å²) in [5, 5.41) is 3.50. The number of halogens is 1. The Morgan fingerprint density at radius 3 is 2.57 bits per heavy atom. The highest BCUT2D eigenvalue weighted by Gasteiger charge is 2.23. The summed E-state index contributed by atoms with van der Waals surface area (Å²) in [5.41, 5.74) is 0. The molecule has 2 unspecified atom stereocenters. The van der Waals surface area contributed by atoms with Crippen LogP contribution in [0.4, 0.5) is 0 Å². The van der Waals surface area contributed by atoms with Crippen LogP contribution in [0.25, 0.3) is 0 Å². The first kappa shape index (κ1) is 12.8. The molecule has 1 aliphatic carbocycles. The number of hydrogen-bond acceptors (Lipinski definition) is 1. The van der Waals surface area contributed by atoms with Crippen LogP contribution in [-0.4, -0.2) is 11.1 Å². The average Bonchev–Trinajstić information content (AvgIpc) is 2.19. The summed E-state index contributed by atoms with van der Waals surface area (Å²) >= 11 is 2.40. The van der Waals surface area contributed by atoms with E-state index in [0.717, 1.165) is 22.3 Å². The minimum absolute atomic E-state index is 0.908. The molecule has 1 N–H and O–H groups in total. The van der Waals surface area contributed by atoms with Gasteiger partial charge in [-0.2, -0.15) is 0 Å². The van der Waals surface area contributed by atoms with Crippen LogP contribution >= 0.6 is 22.6 Å². The van der Waals surface area contributed by atoms with Gasteiger partial charge in [0.05, 0.1) is 0 Å². The summed E-state index contributed by atoms with van der Waals surface area (Å²) in [6.45, 7) is 6.12. The van der Waals surface area contributed by atoms with Crippen molar-refractivity contribution >= 4 is 22.6 Å². The Balaban J connectivity index is 2.41. The number of alkyl halides is 1. The maximum absolute atomic E-state index is 3.50. The van der Waals surface area contributed by atoms with E-state index in [0.29, 0.717) is 0 Å². The molecule has 14 heavy (non-hydrogen) atoms. The lowest BCUT2D eigenvalue weighted by Crippen LogP contribution is -2.30. The highest BCUT2D eigenvalue weighted by atomic mass is 127. The van der Waals surface area contributed by atoms with E-state index >= 15 is 0 Å². The van der Waals surface area contributed by atoms with Gasteiger partial charge in [-0.05, 0) is 30.7 Å². The zero-order valence-electron chi connectivity index (χ0n) is 9.56. The Morgan fingerprint density at radius 1 is 1.14 bits per heavy atom. The highest BCUT2D eigenvalue weighted by Crippen LogP contribution is 2.31. The Bertz CT molecular complexity index is 147. The Kier molecular flexibility index (Phi) is 6.42. The maximum Gasteiger partial charge on any atom is 0.0480 e. The van der Waals surface area contributed by atoms with Gasteiger partial charge in [0, 0.05) is 4.55 Å². The van der Waals surface area contributed by atoms with Crippen LogP contribution in [0.5, 0.6) is 0 Å². The van der Waals surface area contributed by atoms with E-state index in [-0.39, 0.29) is 0 Å². The van der Waals surface area contributed by atoms with E-state index in [1.807, 2.05) is 0 Å². The lowest BCUT2D eigenvalue weighted by molar-refractivity contribution is 0.208. The van der Waals surface area contributed by atoms with Gasteiger partial charge in [-0.3, -0.25) is 0 Å². The molecule has 0 saturated heterocycles. The molecule has 0 bridgehead atoms. The van der Waals surface area contributed by atoms with Crippen molar-refractivity contribution in [3.63, 3.8) is 0 Å². The largest absolute Gasteiger partial charge is 0.308 e. The Hall–Kier alpha value is 0.690. The lowest BCUT2D eigenvalue weighted by atomic mass is 9.77. The monoisotopic (exact) mass is 309 g/mol. The molecule has 0 heterocycles. The molecule has 1 saturated carbocycles. The predicted octanol–water partition coefficient (Wildman–Crippen LogP) is 3.82. The van der Waals surface area contributed by atoms with E-state index < -0.39 is 0 Å². The van der Waals surface area contributed by atoms with Gasteiger partial charge in [0.15, 0.2) is 0 Å². The average molecular weight is 309 g/mol. The molecule has 1 fully saturated rings. The van der Waals surface area contributed by atoms with Crippen LogP contribution in [0.1, 0.15) is 46.0 Å². The second-order valence-corrected chi connectivity index (χ2v) is 5.59. The fourth-order valence-electron chi connectivity index (χ4n) is 2.57. The molecule has 0 amide bonds. The van der Waals surface area contributed by atoms with Crippen molar-refractivity contribution in [2.45, 2.75) is 46.0 Å². The first-order chi connectivity index (χ1) is 6.75. The summed E-state index contributed by atoms with van der Waals surface area (Å²) in [4.78, 5) is 0. The molecule has 84 valence electrons. The van der Waals surface area contributed by atoms with Crippen LogP contribution in [0.3, 0.4) is 0 Å². The predicted molar refractivity (Wildman–Crippen MR) is 71.8 cm³/mol. The van der Waals surface area contributed by atoms with Gasteiger partial charge in [0.1, 0.15) is 0 Å². The van der Waals surface area contributed by atoms with Gasteiger partial charge >= 0.3 is 0 Å². The van der Waals surface area contributed by atoms with Gasteiger partial charge in [-0.15, -0.1) is 0 Å². The molecular formula is C12H24IN. The molecule has 0 aromatic heterocycles. The van der Waals surface area contributed by atoms with E-state index in [1.54, 1.807) is 0 Å². The smallest absolute Gasteiger partial charge is 0.0480 e. The molecular weight excluding hydrogens is 285 g/mol. The van der Waals surface area contributed by atoms with Gasteiger partial charge in [0.25, 0.3) is 0 Å². The summed E-state index contributed by atoms with van der Waals surface area (Å²) in [5.74, 6) is 2.75. The molecule has 1 aliphatic rings. The van der Waals surface area contributed by atoms with Gasteiger partial charge in [-0.1, -0.05) is 62.1 Å². The molecule has 0 radical (unpaired) electrons. The summed E-state index contributed by atoms with van der Waals surface area (Å²) in [6.07, 6.45) is 7.25. The van der Waals surface area contributed by atoms with Gasteiger partial charge in [-0.25, -0.2) is 0 Å². The number of nitrogens with one attached hydrogen (secondary N) is 1. The minimum atomic E-state index is 0.908. The lowest BCUT2D eigenvalue weighted by Gasteiger charge is -2.31. The highest BCUT2D eigenvalue weighted by molar-refractivity contribution is 14.1. The Morgan fingerprint density at radius 2 is 1.86 bits per heavy atom. The fraction of sp³-hybridized carbons (Fsp3) is 1.00. The van der Waals surface area contributed by atoms with Gasteiger partial charge < -0.3 is 5.32 Å². The van der Waals surface area contributed by atoms with Crippen LogP contribution in [0.15, 0.2) is 0 Å². The third-order valence-corrected chi connectivity index (χ3v) is 4.42. The molecule has 0 aliphatic heterocycles. The Labute approximate surface area is 103 Å². The normalized spacial score (nSPS) is 34.9. The summed E-state index contributed by atoms with van der Waals surface area (Å²) in [6, 6.07) is 0. The topological polar surface area (TPSA) is 12.0 Å². The summed E-state index contributed by atoms with van der Waals surface area (Å²) < 4.78 is 1.09. The van der Waals surface area contributed by atoms with Crippen molar-refractivity contribution < 1.29 is 0 Å². The third-order valence-electron chi connectivity index (χ3n) is 3.88. The van der Waals surface area contributed by atoms with Crippen molar-refractivity contribution in [1.82, 2.24) is 5.32 Å².